The Morgan fingerprint density at radius 1 is 1.07 bits per heavy atom. The maximum Gasteiger partial charge on any atom is 0.325 e. The summed E-state index contributed by atoms with van der Waals surface area (Å²) in [5, 5.41) is 2.72. The fourth-order valence-electron chi connectivity index (χ4n) is 3.68. The topological polar surface area (TPSA) is 90.0 Å². The Morgan fingerprint density at radius 3 is 2.24 bits per heavy atom. The first-order valence-electron chi connectivity index (χ1n) is 10.2. The van der Waals surface area contributed by atoms with Crippen molar-refractivity contribution in [1.29, 1.82) is 0 Å². The van der Waals surface area contributed by atoms with Gasteiger partial charge in [-0.2, -0.15) is 4.31 Å². The van der Waals surface area contributed by atoms with Gasteiger partial charge in [0.05, 0.1) is 11.6 Å². The minimum atomic E-state index is -3.55. The highest BCUT2D eigenvalue weighted by Crippen LogP contribution is 2.21. The summed E-state index contributed by atoms with van der Waals surface area (Å²) in [6, 6.07) is 6.24. The summed E-state index contributed by atoms with van der Waals surface area (Å²) in [5.74, 6) is 0.148. The van der Waals surface area contributed by atoms with Crippen LogP contribution >= 0.6 is 0 Å². The highest BCUT2D eigenvalue weighted by atomic mass is 32.2. The van der Waals surface area contributed by atoms with Crippen LogP contribution in [-0.2, 0) is 14.8 Å². The maximum absolute atomic E-state index is 12.9. The number of nitrogens with one attached hydrogen (secondary N) is 1. The second-order valence-electron chi connectivity index (χ2n) is 7.94. The summed E-state index contributed by atoms with van der Waals surface area (Å²) in [4.78, 5) is 27.9. The molecule has 3 rings (SSSR count). The summed E-state index contributed by atoms with van der Waals surface area (Å²) in [6.07, 6.45) is 1.45. The summed E-state index contributed by atoms with van der Waals surface area (Å²) in [5.41, 5.74) is 1.10. The summed E-state index contributed by atoms with van der Waals surface area (Å²) in [7, 11) is -3.55. The van der Waals surface area contributed by atoms with E-state index in [1.54, 1.807) is 12.1 Å². The first-order chi connectivity index (χ1) is 13.7. The molecule has 2 aliphatic heterocycles. The monoisotopic (exact) mass is 422 g/mol. The molecule has 1 unspecified atom stereocenters. The van der Waals surface area contributed by atoms with E-state index in [0.717, 1.165) is 12.0 Å². The quantitative estimate of drug-likeness (QED) is 0.677. The Labute approximate surface area is 172 Å². The van der Waals surface area contributed by atoms with Gasteiger partial charge in [-0.1, -0.05) is 39.3 Å². The number of hydrogen-bond donors (Lipinski definition) is 1. The van der Waals surface area contributed by atoms with Gasteiger partial charge >= 0.3 is 6.03 Å². The van der Waals surface area contributed by atoms with E-state index < -0.39 is 16.1 Å². The smallest absolute Gasteiger partial charge is 0.325 e. The van der Waals surface area contributed by atoms with E-state index in [4.69, 9.17) is 0 Å². The lowest BCUT2D eigenvalue weighted by Crippen LogP contribution is -2.52. The predicted molar refractivity (Wildman–Crippen MR) is 110 cm³/mol. The van der Waals surface area contributed by atoms with E-state index in [2.05, 4.69) is 19.2 Å². The Hall–Kier alpha value is -1.97. The van der Waals surface area contributed by atoms with Crippen LogP contribution < -0.4 is 5.32 Å². The number of imide groups is 1. The number of rotatable bonds is 7. The van der Waals surface area contributed by atoms with Crippen LogP contribution in [-0.4, -0.2) is 73.4 Å². The third-order valence-electron chi connectivity index (χ3n) is 5.54. The Bertz CT molecular complexity index is 846. The number of piperazine rings is 1. The predicted octanol–water partition coefficient (Wildman–Crippen LogP) is 1.79. The van der Waals surface area contributed by atoms with Gasteiger partial charge in [-0.3, -0.25) is 9.69 Å². The zero-order chi connectivity index (χ0) is 21.2. The maximum atomic E-state index is 12.9. The van der Waals surface area contributed by atoms with Crippen molar-refractivity contribution in [2.75, 3.05) is 32.8 Å². The highest BCUT2D eigenvalue weighted by molar-refractivity contribution is 7.89. The average molecular weight is 423 g/mol. The van der Waals surface area contributed by atoms with Gasteiger partial charge in [-0.15, -0.1) is 0 Å². The van der Waals surface area contributed by atoms with Gasteiger partial charge in [0.1, 0.15) is 6.04 Å². The van der Waals surface area contributed by atoms with Crippen LogP contribution in [0.4, 0.5) is 4.79 Å². The molecule has 1 atom stereocenters. The fraction of sp³-hybridized carbons (Fsp3) is 0.600. The molecular formula is C20H30N4O4S. The van der Waals surface area contributed by atoms with E-state index in [0.29, 0.717) is 43.4 Å². The Balaban J connectivity index is 1.58. The second-order valence-corrected chi connectivity index (χ2v) is 9.88. The van der Waals surface area contributed by atoms with Crippen molar-refractivity contribution in [3.05, 3.63) is 29.8 Å². The molecule has 29 heavy (non-hydrogen) atoms. The normalized spacial score (nSPS) is 21.8. The van der Waals surface area contributed by atoms with Crippen LogP contribution in [0.15, 0.2) is 29.2 Å². The zero-order valence-corrected chi connectivity index (χ0v) is 18.1. The number of carbonyl (C=O) groups excluding carboxylic acids is 2. The molecular weight excluding hydrogens is 392 g/mol. The molecule has 3 amide bonds. The van der Waals surface area contributed by atoms with Crippen LogP contribution in [0.5, 0.6) is 0 Å². The molecule has 1 aromatic carbocycles. The van der Waals surface area contributed by atoms with Crippen molar-refractivity contribution in [3.63, 3.8) is 0 Å². The van der Waals surface area contributed by atoms with E-state index in [9.17, 15) is 18.0 Å². The van der Waals surface area contributed by atoms with Gasteiger partial charge in [0.15, 0.2) is 0 Å². The molecule has 0 bridgehead atoms. The van der Waals surface area contributed by atoms with Crippen molar-refractivity contribution in [1.82, 2.24) is 19.4 Å². The van der Waals surface area contributed by atoms with Gasteiger partial charge < -0.3 is 5.32 Å². The molecule has 0 aliphatic carbocycles. The molecule has 2 fully saturated rings. The van der Waals surface area contributed by atoms with Gasteiger partial charge in [-0.05, 0) is 30.0 Å². The first-order valence-corrected chi connectivity index (χ1v) is 11.6. The van der Waals surface area contributed by atoms with E-state index in [1.165, 1.54) is 9.21 Å². The number of urea groups is 1. The molecule has 0 aromatic heterocycles. The Morgan fingerprint density at radius 2 is 1.69 bits per heavy atom. The molecule has 1 aromatic rings. The van der Waals surface area contributed by atoms with Gasteiger partial charge in [-0.25, -0.2) is 18.1 Å². The van der Waals surface area contributed by atoms with E-state index in [-0.39, 0.29) is 18.6 Å². The largest absolute Gasteiger partial charge is 0.326 e. The summed E-state index contributed by atoms with van der Waals surface area (Å²) >= 11 is 0. The van der Waals surface area contributed by atoms with Crippen molar-refractivity contribution in [2.45, 2.75) is 50.5 Å². The van der Waals surface area contributed by atoms with Gasteiger partial charge in [0.25, 0.3) is 5.91 Å². The number of benzene rings is 1. The zero-order valence-electron chi connectivity index (χ0n) is 17.3. The number of hydrogen-bond acceptors (Lipinski definition) is 5. The van der Waals surface area contributed by atoms with Crippen molar-refractivity contribution in [2.24, 2.45) is 0 Å². The standard InChI is InChI=1S/C20H30N4O4S/c1-4-5-18-19(25)24(20(26)21-18)14-22-10-12-23(13-11-22)29(27,28)17-8-6-16(7-9-17)15(2)3/h6-9,15,18H,4-5,10-14H2,1-3H3,(H,21,26). The van der Waals surface area contributed by atoms with Gasteiger partial charge in [0, 0.05) is 26.2 Å². The minimum Gasteiger partial charge on any atom is -0.326 e. The first kappa shape index (κ1) is 21.7. The average Bonchev–Trinajstić information content (AvgIpc) is 2.96. The molecule has 160 valence electrons. The highest BCUT2D eigenvalue weighted by Gasteiger charge is 2.39. The van der Waals surface area contributed by atoms with Crippen LogP contribution in [0.2, 0.25) is 0 Å². The number of sulfonamides is 1. The fourth-order valence-corrected chi connectivity index (χ4v) is 5.10. The number of nitrogens with zero attached hydrogens (tertiary/aromatic N) is 3. The lowest BCUT2D eigenvalue weighted by atomic mass is 10.0. The minimum absolute atomic E-state index is 0.196. The molecule has 8 nitrogen and oxygen atoms in total. The number of carbonyl (C=O) groups is 2. The Kier molecular flexibility index (Phi) is 6.60. The van der Waals surface area contributed by atoms with Crippen LogP contribution in [0, 0.1) is 0 Å². The van der Waals surface area contributed by atoms with Crippen molar-refractivity contribution < 1.29 is 18.0 Å². The van der Waals surface area contributed by atoms with E-state index in [1.807, 2.05) is 24.0 Å². The van der Waals surface area contributed by atoms with Crippen LogP contribution in [0.25, 0.3) is 0 Å². The summed E-state index contributed by atoms with van der Waals surface area (Å²) < 4.78 is 27.3. The third kappa shape index (κ3) is 4.62. The molecule has 9 heteroatoms. The van der Waals surface area contributed by atoms with Crippen LogP contribution in [0.1, 0.15) is 45.1 Å². The molecule has 0 spiro atoms. The molecule has 2 heterocycles. The lowest BCUT2D eigenvalue weighted by molar-refractivity contribution is -0.129. The lowest BCUT2D eigenvalue weighted by Gasteiger charge is -2.35. The molecule has 2 saturated heterocycles. The molecule has 2 aliphatic rings. The van der Waals surface area contributed by atoms with Crippen LogP contribution in [0.3, 0.4) is 0 Å². The van der Waals surface area contributed by atoms with E-state index >= 15 is 0 Å². The second kappa shape index (κ2) is 8.81. The van der Waals surface area contributed by atoms with Crippen molar-refractivity contribution in [3.8, 4) is 0 Å². The van der Waals surface area contributed by atoms with Gasteiger partial charge in [0.2, 0.25) is 10.0 Å². The third-order valence-corrected chi connectivity index (χ3v) is 7.45. The SMILES string of the molecule is CCCC1NC(=O)N(CN2CCN(S(=O)(=O)c3ccc(C(C)C)cc3)CC2)C1=O. The molecule has 0 radical (unpaired) electrons. The number of amides is 3. The molecule has 1 N–H and O–H groups in total. The summed E-state index contributed by atoms with van der Waals surface area (Å²) in [6.45, 7) is 7.90. The van der Waals surface area contributed by atoms with Crippen molar-refractivity contribution >= 4 is 22.0 Å². The molecule has 0 saturated carbocycles.